The summed E-state index contributed by atoms with van der Waals surface area (Å²) in [5, 5.41) is 11.6. The van der Waals surface area contributed by atoms with Crippen molar-refractivity contribution in [1.29, 1.82) is 0 Å². The maximum absolute atomic E-state index is 12.1. The van der Waals surface area contributed by atoms with Crippen LogP contribution in [0, 0.1) is 0 Å². The highest BCUT2D eigenvalue weighted by molar-refractivity contribution is 5.96. The molecule has 0 bridgehead atoms. The lowest BCUT2D eigenvalue weighted by atomic mass is 10.1. The van der Waals surface area contributed by atoms with Crippen molar-refractivity contribution >= 4 is 17.6 Å². The van der Waals surface area contributed by atoms with Crippen molar-refractivity contribution in [2.45, 2.75) is 46.2 Å². The van der Waals surface area contributed by atoms with Crippen molar-refractivity contribution in [2.75, 3.05) is 18.4 Å². The predicted molar refractivity (Wildman–Crippen MR) is 93.8 cm³/mol. The Morgan fingerprint density at radius 3 is 2.43 bits per heavy atom. The normalized spacial score (nSPS) is 11.2. The molecule has 1 rings (SSSR count). The number of carbonyl (C=O) groups is 2. The Kier molecular flexibility index (Phi) is 7.03. The number of hydrogen-bond acceptors (Lipinski definition) is 3. The third-order valence-corrected chi connectivity index (χ3v) is 2.87. The molecule has 0 atom stereocenters. The fourth-order valence-electron chi connectivity index (χ4n) is 1.88. The molecule has 1 aromatic carbocycles. The van der Waals surface area contributed by atoms with Gasteiger partial charge in [-0.1, -0.05) is 6.07 Å². The number of benzene rings is 1. The van der Waals surface area contributed by atoms with Crippen LogP contribution in [0.3, 0.4) is 0 Å². The fraction of sp³-hybridized carbons (Fsp3) is 0.529. The van der Waals surface area contributed by atoms with E-state index in [0.717, 1.165) is 0 Å². The summed E-state index contributed by atoms with van der Waals surface area (Å²) in [6.07, 6.45) is 0. The van der Waals surface area contributed by atoms with Crippen LogP contribution in [-0.4, -0.2) is 36.6 Å². The third kappa shape index (κ3) is 8.21. The molecule has 1 aromatic rings. The Morgan fingerprint density at radius 1 is 1.13 bits per heavy atom. The van der Waals surface area contributed by atoms with Crippen molar-refractivity contribution < 1.29 is 9.59 Å². The Bertz CT molecular complexity index is 536. The molecule has 23 heavy (non-hydrogen) atoms. The highest BCUT2D eigenvalue weighted by atomic mass is 16.2. The van der Waals surface area contributed by atoms with Crippen LogP contribution in [0.25, 0.3) is 0 Å². The van der Waals surface area contributed by atoms with Crippen LogP contribution in [-0.2, 0) is 0 Å². The van der Waals surface area contributed by atoms with Crippen molar-refractivity contribution in [3.8, 4) is 0 Å². The lowest BCUT2D eigenvalue weighted by molar-refractivity contribution is 0.0953. The third-order valence-electron chi connectivity index (χ3n) is 2.87. The number of anilines is 1. The molecule has 0 spiro atoms. The Balaban J connectivity index is 2.52. The van der Waals surface area contributed by atoms with Crippen molar-refractivity contribution in [3.63, 3.8) is 0 Å². The van der Waals surface area contributed by atoms with Gasteiger partial charge in [-0.25, -0.2) is 4.79 Å². The van der Waals surface area contributed by atoms with E-state index < -0.39 is 0 Å². The first kappa shape index (κ1) is 19.0. The highest BCUT2D eigenvalue weighted by Crippen LogP contribution is 2.10. The first-order valence-corrected chi connectivity index (χ1v) is 7.88. The monoisotopic (exact) mass is 320 g/mol. The van der Waals surface area contributed by atoms with Gasteiger partial charge in [-0.15, -0.1) is 0 Å². The summed E-state index contributed by atoms with van der Waals surface area (Å²) in [6.45, 7) is 11.2. The summed E-state index contributed by atoms with van der Waals surface area (Å²) in [7, 11) is 0. The molecule has 6 nitrogen and oxygen atoms in total. The zero-order valence-electron chi connectivity index (χ0n) is 14.6. The van der Waals surface area contributed by atoms with Crippen molar-refractivity contribution in [2.24, 2.45) is 0 Å². The van der Waals surface area contributed by atoms with Gasteiger partial charge in [-0.3, -0.25) is 4.79 Å². The van der Waals surface area contributed by atoms with Gasteiger partial charge in [0.1, 0.15) is 0 Å². The van der Waals surface area contributed by atoms with Gasteiger partial charge in [0.15, 0.2) is 0 Å². The lowest BCUT2D eigenvalue weighted by Crippen LogP contribution is -2.41. The number of rotatable bonds is 6. The van der Waals surface area contributed by atoms with E-state index in [2.05, 4.69) is 42.0 Å². The van der Waals surface area contributed by atoms with E-state index in [1.54, 1.807) is 24.3 Å². The van der Waals surface area contributed by atoms with Gasteiger partial charge in [0, 0.05) is 35.9 Å². The number of amides is 3. The smallest absolute Gasteiger partial charge is 0.319 e. The molecule has 0 saturated heterocycles. The second-order valence-corrected chi connectivity index (χ2v) is 6.77. The summed E-state index contributed by atoms with van der Waals surface area (Å²) in [6, 6.07) is 6.64. The first-order chi connectivity index (χ1) is 10.7. The van der Waals surface area contributed by atoms with E-state index >= 15 is 0 Å². The average molecular weight is 320 g/mol. The van der Waals surface area contributed by atoms with Gasteiger partial charge < -0.3 is 21.3 Å². The minimum Gasteiger partial charge on any atom is -0.351 e. The van der Waals surface area contributed by atoms with Gasteiger partial charge in [0.25, 0.3) is 5.91 Å². The number of hydrogen-bond donors (Lipinski definition) is 4. The van der Waals surface area contributed by atoms with Crippen LogP contribution in [0.5, 0.6) is 0 Å². The number of carbonyl (C=O) groups excluding carboxylic acids is 2. The summed E-state index contributed by atoms with van der Waals surface area (Å²) < 4.78 is 0. The second kappa shape index (κ2) is 8.53. The molecule has 128 valence electrons. The van der Waals surface area contributed by atoms with Gasteiger partial charge in [0.2, 0.25) is 0 Å². The molecule has 3 amide bonds. The standard InChI is InChI=1S/C17H28N4O2/c1-12(2)20-16(23)21-14-8-6-7-13(11-14)15(22)18-9-10-19-17(3,4)5/h6-8,11-12,19H,9-10H2,1-5H3,(H,18,22)(H2,20,21,23). The Hall–Kier alpha value is -2.08. The SMILES string of the molecule is CC(C)NC(=O)Nc1cccc(C(=O)NCCNC(C)(C)C)c1. The molecule has 0 fully saturated rings. The largest absolute Gasteiger partial charge is 0.351 e. The van der Waals surface area contributed by atoms with Gasteiger partial charge in [-0.2, -0.15) is 0 Å². The molecule has 6 heteroatoms. The Labute approximate surface area is 138 Å². The fourth-order valence-corrected chi connectivity index (χ4v) is 1.88. The number of nitrogens with one attached hydrogen (secondary N) is 4. The second-order valence-electron chi connectivity index (χ2n) is 6.77. The van der Waals surface area contributed by atoms with E-state index in [1.165, 1.54) is 0 Å². The van der Waals surface area contributed by atoms with Crippen LogP contribution in [0.1, 0.15) is 45.0 Å². The molecular weight excluding hydrogens is 292 g/mol. The van der Waals surface area contributed by atoms with Crippen LogP contribution in [0.15, 0.2) is 24.3 Å². The van der Waals surface area contributed by atoms with E-state index in [4.69, 9.17) is 0 Å². The summed E-state index contributed by atoms with van der Waals surface area (Å²) in [5.74, 6) is -0.159. The minimum atomic E-state index is -0.285. The maximum atomic E-state index is 12.1. The molecule has 0 aliphatic heterocycles. The molecule has 0 aliphatic carbocycles. The van der Waals surface area contributed by atoms with Gasteiger partial charge in [0.05, 0.1) is 0 Å². The topological polar surface area (TPSA) is 82.3 Å². The average Bonchev–Trinajstić information content (AvgIpc) is 2.41. The first-order valence-electron chi connectivity index (χ1n) is 7.88. The minimum absolute atomic E-state index is 0.0261. The van der Waals surface area contributed by atoms with E-state index in [0.29, 0.717) is 24.3 Å². The van der Waals surface area contributed by atoms with Gasteiger partial charge in [-0.05, 0) is 52.8 Å². The molecule has 0 unspecified atom stereocenters. The molecule has 0 heterocycles. The summed E-state index contributed by atoms with van der Waals surface area (Å²) in [4.78, 5) is 23.8. The molecule has 0 radical (unpaired) electrons. The van der Waals surface area contributed by atoms with Crippen LogP contribution >= 0.6 is 0 Å². The quantitative estimate of drug-likeness (QED) is 0.607. The highest BCUT2D eigenvalue weighted by Gasteiger charge is 2.10. The Morgan fingerprint density at radius 2 is 1.83 bits per heavy atom. The zero-order valence-corrected chi connectivity index (χ0v) is 14.6. The van der Waals surface area contributed by atoms with Crippen LogP contribution < -0.4 is 21.3 Å². The lowest BCUT2D eigenvalue weighted by Gasteiger charge is -2.20. The number of urea groups is 1. The molecule has 0 aromatic heterocycles. The van der Waals surface area contributed by atoms with Gasteiger partial charge >= 0.3 is 6.03 Å². The maximum Gasteiger partial charge on any atom is 0.319 e. The van der Waals surface area contributed by atoms with Crippen LogP contribution in [0.2, 0.25) is 0 Å². The zero-order chi connectivity index (χ0) is 17.5. The summed E-state index contributed by atoms with van der Waals surface area (Å²) >= 11 is 0. The van der Waals surface area contributed by atoms with Crippen LogP contribution in [0.4, 0.5) is 10.5 Å². The van der Waals surface area contributed by atoms with E-state index in [-0.39, 0.29) is 23.5 Å². The van der Waals surface area contributed by atoms with E-state index in [1.807, 2.05) is 13.8 Å². The summed E-state index contributed by atoms with van der Waals surface area (Å²) in [5.41, 5.74) is 1.13. The van der Waals surface area contributed by atoms with Crippen molar-refractivity contribution in [3.05, 3.63) is 29.8 Å². The predicted octanol–water partition coefficient (Wildman–Crippen LogP) is 2.33. The van der Waals surface area contributed by atoms with E-state index in [9.17, 15) is 9.59 Å². The molecule has 0 aliphatic rings. The van der Waals surface area contributed by atoms with Crippen molar-refractivity contribution in [1.82, 2.24) is 16.0 Å². The molecular formula is C17H28N4O2. The molecule has 0 saturated carbocycles. The molecule has 4 N–H and O–H groups in total.